The Labute approximate surface area is 91.8 Å². The molecular weight excluding hydrogens is 190 g/mol. The van der Waals surface area contributed by atoms with E-state index in [1.54, 1.807) is 6.26 Å². The van der Waals surface area contributed by atoms with Crippen LogP contribution in [0.2, 0.25) is 0 Å². The van der Waals surface area contributed by atoms with Crippen molar-refractivity contribution in [3.05, 3.63) is 24.2 Å². The molecule has 0 fully saturated rings. The number of furan rings is 1. The molecule has 15 heavy (non-hydrogen) atoms. The minimum Gasteiger partial charge on any atom is -0.467 e. The molecule has 0 aliphatic heterocycles. The zero-order valence-corrected chi connectivity index (χ0v) is 9.82. The molecule has 0 amide bonds. The summed E-state index contributed by atoms with van der Waals surface area (Å²) in [4.78, 5) is 0. The van der Waals surface area contributed by atoms with E-state index in [9.17, 15) is 0 Å². The summed E-state index contributed by atoms with van der Waals surface area (Å²) in [5.74, 6) is 0.887. The smallest absolute Gasteiger partial charge is 0.129 e. The van der Waals surface area contributed by atoms with Crippen LogP contribution in [0.3, 0.4) is 0 Å². The molecule has 1 unspecified atom stereocenters. The average molecular weight is 211 g/mol. The van der Waals surface area contributed by atoms with Crippen molar-refractivity contribution in [3.63, 3.8) is 0 Å². The topological polar surface area (TPSA) is 34.4 Å². The van der Waals surface area contributed by atoms with Gasteiger partial charge in [-0.3, -0.25) is 0 Å². The predicted octanol–water partition coefficient (Wildman–Crippen LogP) is 2.57. The maximum Gasteiger partial charge on any atom is 0.129 e. The highest BCUT2D eigenvalue weighted by Gasteiger charge is 2.08. The molecule has 0 spiro atoms. The van der Waals surface area contributed by atoms with E-state index in [4.69, 9.17) is 9.15 Å². The third-order valence-corrected chi connectivity index (χ3v) is 2.25. The third-order valence-electron chi connectivity index (χ3n) is 2.25. The number of hydrogen-bond acceptors (Lipinski definition) is 3. The number of hydrogen-bond donors (Lipinski definition) is 1. The Morgan fingerprint density at radius 2 is 2.27 bits per heavy atom. The monoisotopic (exact) mass is 211 g/mol. The van der Waals surface area contributed by atoms with Gasteiger partial charge in [-0.05, 0) is 18.6 Å². The number of rotatable bonds is 7. The van der Waals surface area contributed by atoms with Gasteiger partial charge in [0.05, 0.1) is 12.4 Å². The summed E-state index contributed by atoms with van der Waals surface area (Å²) in [6.45, 7) is 7.87. The van der Waals surface area contributed by atoms with E-state index in [0.29, 0.717) is 12.6 Å². The first-order valence-electron chi connectivity index (χ1n) is 5.59. The third kappa shape index (κ3) is 5.00. The summed E-state index contributed by atoms with van der Waals surface area (Å²) >= 11 is 0. The van der Waals surface area contributed by atoms with Gasteiger partial charge >= 0.3 is 0 Å². The lowest BCUT2D eigenvalue weighted by molar-refractivity contribution is 0.0280. The first kappa shape index (κ1) is 12.3. The second-order valence-electron chi connectivity index (χ2n) is 3.98. The van der Waals surface area contributed by atoms with E-state index in [2.05, 4.69) is 26.1 Å². The highest BCUT2D eigenvalue weighted by Crippen LogP contribution is 2.06. The van der Waals surface area contributed by atoms with Gasteiger partial charge in [0.25, 0.3) is 0 Å². The lowest BCUT2D eigenvalue weighted by atomic mass is 10.2. The van der Waals surface area contributed by atoms with Gasteiger partial charge in [-0.2, -0.15) is 0 Å². The Morgan fingerprint density at radius 3 is 2.80 bits per heavy atom. The molecule has 3 nitrogen and oxygen atoms in total. The van der Waals surface area contributed by atoms with Crippen LogP contribution in [0.15, 0.2) is 22.8 Å². The van der Waals surface area contributed by atoms with Gasteiger partial charge in [-0.15, -0.1) is 0 Å². The average Bonchev–Trinajstić information content (AvgIpc) is 2.70. The molecule has 86 valence electrons. The number of ether oxygens (including phenoxy) is 1. The Kier molecular flexibility index (Phi) is 5.43. The fraction of sp³-hybridized carbons (Fsp3) is 0.667. The van der Waals surface area contributed by atoms with E-state index in [-0.39, 0.29) is 6.10 Å². The van der Waals surface area contributed by atoms with Crippen LogP contribution in [0.1, 0.15) is 33.0 Å². The maximum atomic E-state index is 5.73. The van der Waals surface area contributed by atoms with E-state index >= 15 is 0 Å². The largest absolute Gasteiger partial charge is 0.467 e. The van der Waals surface area contributed by atoms with Crippen LogP contribution in [0, 0.1) is 0 Å². The molecule has 0 bridgehead atoms. The molecule has 1 N–H and O–H groups in total. The first-order valence-corrected chi connectivity index (χ1v) is 5.59. The van der Waals surface area contributed by atoms with Crippen LogP contribution in [-0.2, 0) is 11.3 Å². The van der Waals surface area contributed by atoms with Gasteiger partial charge in [0.1, 0.15) is 12.4 Å². The zero-order valence-electron chi connectivity index (χ0n) is 9.82. The molecule has 0 saturated heterocycles. The molecule has 0 radical (unpaired) electrons. The summed E-state index contributed by atoms with van der Waals surface area (Å²) in [6.07, 6.45) is 2.95. The fourth-order valence-electron chi connectivity index (χ4n) is 1.28. The standard InChI is InChI=1S/C12H21NO2/c1-4-11(8-13-10(2)3)15-9-12-6-5-7-14-12/h5-7,10-11,13H,4,8-9H2,1-3H3. The second kappa shape index (κ2) is 6.64. The van der Waals surface area contributed by atoms with Crippen molar-refractivity contribution in [1.82, 2.24) is 5.32 Å². The predicted molar refractivity (Wildman–Crippen MR) is 60.7 cm³/mol. The molecular formula is C12H21NO2. The normalized spacial score (nSPS) is 13.3. The Morgan fingerprint density at radius 1 is 1.47 bits per heavy atom. The van der Waals surface area contributed by atoms with Gasteiger partial charge < -0.3 is 14.5 Å². The van der Waals surface area contributed by atoms with Crippen molar-refractivity contribution >= 4 is 0 Å². The minimum atomic E-state index is 0.262. The molecule has 1 atom stereocenters. The molecule has 0 saturated carbocycles. The van der Waals surface area contributed by atoms with Crippen LogP contribution in [-0.4, -0.2) is 18.7 Å². The van der Waals surface area contributed by atoms with Crippen LogP contribution in [0.25, 0.3) is 0 Å². The van der Waals surface area contributed by atoms with Crippen molar-refractivity contribution in [1.29, 1.82) is 0 Å². The Hall–Kier alpha value is -0.800. The summed E-state index contributed by atoms with van der Waals surface area (Å²) in [7, 11) is 0. The lowest BCUT2D eigenvalue weighted by Crippen LogP contribution is -2.33. The van der Waals surface area contributed by atoms with Crippen LogP contribution in [0.4, 0.5) is 0 Å². The van der Waals surface area contributed by atoms with Gasteiger partial charge in [0.2, 0.25) is 0 Å². The van der Waals surface area contributed by atoms with Gasteiger partial charge in [0, 0.05) is 12.6 Å². The van der Waals surface area contributed by atoms with Crippen molar-refractivity contribution in [2.75, 3.05) is 6.54 Å². The number of nitrogens with one attached hydrogen (secondary N) is 1. The maximum absolute atomic E-state index is 5.73. The fourth-order valence-corrected chi connectivity index (χ4v) is 1.28. The zero-order chi connectivity index (χ0) is 11.1. The van der Waals surface area contributed by atoms with Crippen molar-refractivity contribution in [3.8, 4) is 0 Å². The molecule has 1 rings (SSSR count). The highest BCUT2D eigenvalue weighted by molar-refractivity contribution is 4.96. The highest BCUT2D eigenvalue weighted by atomic mass is 16.5. The summed E-state index contributed by atoms with van der Waals surface area (Å²) in [6, 6.07) is 4.32. The molecule has 0 aliphatic rings. The molecule has 1 heterocycles. The van der Waals surface area contributed by atoms with Crippen LogP contribution < -0.4 is 5.32 Å². The molecule has 1 aromatic rings. The van der Waals surface area contributed by atoms with Crippen molar-refractivity contribution in [2.24, 2.45) is 0 Å². The van der Waals surface area contributed by atoms with E-state index in [0.717, 1.165) is 18.7 Å². The quantitative estimate of drug-likeness (QED) is 0.752. The van der Waals surface area contributed by atoms with E-state index < -0.39 is 0 Å². The molecule has 0 aliphatic carbocycles. The van der Waals surface area contributed by atoms with Gasteiger partial charge in [0.15, 0.2) is 0 Å². The molecule has 3 heteroatoms. The van der Waals surface area contributed by atoms with Crippen LogP contribution in [0.5, 0.6) is 0 Å². The Bertz CT molecular complexity index is 244. The summed E-state index contributed by atoms with van der Waals surface area (Å²) < 4.78 is 10.9. The van der Waals surface area contributed by atoms with E-state index in [1.165, 1.54) is 0 Å². The lowest BCUT2D eigenvalue weighted by Gasteiger charge is -2.17. The van der Waals surface area contributed by atoms with Crippen molar-refractivity contribution in [2.45, 2.75) is 45.9 Å². The van der Waals surface area contributed by atoms with Crippen molar-refractivity contribution < 1.29 is 9.15 Å². The second-order valence-corrected chi connectivity index (χ2v) is 3.98. The Balaban J connectivity index is 2.22. The summed E-state index contributed by atoms with van der Waals surface area (Å²) in [5.41, 5.74) is 0. The SMILES string of the molecule is CCC(CNC(C)C)OCc1ccco1. The first-order chi connectivity index (χ1) is 7.22. The summed E-state index contributed by atoms with van der Waals surface area (Å²) in [5, 5.41) is 3.37. The van der Waals surface area contributed by atoms with Crippen LogP contribution >= 0.6 is 0 Å². The molecule has 0 aromatic carbocycles. The molecule has 1 aromatic heterocycles. The van der Waals surface area contributed by atoms with Gasteiger partial charge in [-0.1, -0.05) is 20.8 Å². The minimum absolute atomic E-state index is 0.262. The van der Waals surface area contributed by atoms with Gasteiger partial charge in [-0.25, -0.2) is 0 Å². The van der Waals surface area contributed by atoms with E-state index in [1.807, 2.05) is 12.1 Å².